The van der Waals surface area contributed by atoms with Gasteiger partial charge in [0, 0.05) is 33.1 Å². The van der Waals surface area contributed by atoms with Crippen LogP contribution in [0.5, 0.6) is 0 Å². The first-order chi connectivity index (χ1) is 13.7. The number of nitrogens with zero attached hydrogens (tertiary/aromatic N) is 8. The molecule has 28 heavy (non-hydrogen) atoms. The molecule has 1 saturated heterocycles. The van der Waals surface area contributed by atoms with E-state index in [-0.39, 0.29) is 0 Å². The smallest absolute Gasteiger partial charge is 0.178 e. The lowest BCUT2D eigenvalue weighted by Crippen LogP contribution is -2.34. The normalized spacial score (nSPS) is 15.4. The number of aromatic nitrogens is 6. The summed E-state index contributed by atoms with van der Waals surface area (Å²) in [7, 11) is 3.97. The molecule has 0 saturated carbocycles. The van der Waals surface area contributed by atoms with Gasteiger partial charge in [-0.3, -0.25) is 4.98 Å². The van der Waals surface area contributed by atoms with Gasteiger partial charge in [-0.1, -0.05) is 12.1 Å². The van der Waals surface area contributed by atoms with E-state index in [4.69, 9.17) is 10.1 Å². The van der Waals surface area contributed by atoms with Crippen LogP contribution in [0, 0.1) is 0 Å². The lowest BCUT2D eigenvalue weighted by molar-refractivity contribution is 0.475. The van der Waals surface area contributed by atoms with Crippen LogP contribution in [0.2, 0.25) is 0 Å². The predicted octanol–water partition coefficient (Wildman–Crippen LogP) is 2.52. The topological polar surface area (TPSA) is 75.3 Å². The highest BCUT2D eigenvalue weighted by atomic mass is 15.4. The molecular weight excluding hydrogens is 352 g/mol. The first kappa shape index (κ1) is 16.9. The highest BCUT2D eigenvalue weighted by molar-refractivity contribution is 5.75. The average Bonchev–Trinajstić information content (AvgIpc) is 3.17. The van der Waals surface area contributed by atoms with E-state index in [1.54, 1.807) is 0 Å². The number of fused-ring (bicyclic) bond motifs is 2. The van der Waals surface area contributed by atoms with E-state index in [1.807, 2.05) is 66.1 Å². The van der Waals surface area contributed by atoms with Crippen molar-refractivity contribution in [1.29, 1.82) is 0 Å². The Kier molecular flexibility index (Phi) is 4.03. The molecule has 8 heteroatoms. The van der Waals surface area contributed by atoms with Crippen LogP contribution in [0.25, 0.3) is 16.7 Å². The number of benzene rings is 1. The van der Waals surface area contributed by atoms with Crippen LogP contribution in [0.15, 0.2) is 42.6 Å². The Labute approximate surface area is 162 Å². The Morgan fingerprint density at radius 1 is 0.964 bits per heavy atom. The van der Waals surface area contributed by atoms with Crippen LogP contribution in [0.1, 0.15) is 24.6 Å². The van der Waals surface area contributed by atoms with Crippen molar-refractivity contribution in [3.63, 3.8) is 0 Å². The van der Waals surface area contributed by atoms with E-state index in [0.717, 1.165) is 60.1 Å². The Morgan fingerprint density at radius 3 is 2.54 bits per heavy atom. The average molecular weight is 374 g/mol. The zero-order valence-corrected chi connectivity index (χ0v) is 16.0. The number of hydrogen-bond donors (Lipinski definition) is 0. The van der Waals surface area contributed by atoms with Crippen molar-refractivity contribution in [2.75, 3.05) is 37.0 Å². The van der Waals surface area contributed by atoms with Crippen LogP contribution < -0.4 is 9.80 Å². The molecule has 1 aliphatic heterocycles. The fourth-order valence-corrected chi connectivity index (χ4v) is 3.76. The van der Waals surface area contributed by atoms with Gasteiger partial charge in [0.1, 0.15) is 11.6 Å². The maximum Gasteiger partial charge on any atom is 0.178 e. The third-order valence-electron chi connectivity index (χ3n) is 5.35. The molecule has 4 heterocycles. The molecule has 0 unspecified atom stereocenters. The number of hydrogen-bond acceptors (Lipinski definition) is 7. The zero-order chi connectivity index (χ0) is 19.1. The largest absolute Gasteiger partial charge is 0.361 e. The SMILES string of the molecule is CN(C)c1ccc2nnc(C3CCN(c4cnc5ccccc5n4)CC3)n2n1. The molecule has 142 valence electrons. The van der Waals surface area contributed by atoms with Gasteiger partial charge in [-0.15, -0.1) is 15.3 Å². The highest BCUT2D eigenvalue weighted by Gasteiger charge is 2.26. The second-order valence-electron chi connectivity index (χ2n) is 7.39. The lowest BCUT2D eigenvalue weighted by atomic mass is 9.96. The minimum atomic E-state index is 0.338. The van der Waals surface area contributed by atoms with E-state index in [0.29, 0.717) is 5.92 Å². The van der Waals surface area contributed by atoms with E-state index in [9.17, 15) is 0 Å². The monoisotopic (exact) mass is 374 g/mol. The Balaban J connectivity index is 1.36. The van der Waals surface area contributed by atoms with Crippen molar-refractivity contribution in [3.8, 4) is 0 Å². The number of anilines is 2. The van der Waals surface area contributed by atoms with Gasteiger partial charge in [0.25, 0.3) is 0 Å². The van der Waals surface area contributed by atoms with Gasteiger partial charge in [0.2, 0.25) is 0 Å². The number of para-hydroxylation sites is 2. The van der Waals surface area contributed by atoms with Crippen molar-refractivity contribution in [2.45, 2.75) is 18.8 Å². The lowest BCUT2D eigenvalue weighted by Gasteiger charge is -2.31. The van der Waals surface area contributed by atoms with Gasteiger partial charge in [0.05, 0.1) is 17.2 Å². The minimum absolute atomic E-state index is 0.338. The fourth-order valence-electron chi connectivity index (χ4n) is 3.76. The Morgan fingerprint density at radius 2 is 1.75 bits per heavy atom. The molecule has 1 fully saturated rings. The van der Waals surface area contributed by atoms with Crippen molar-refractivity contribution < 1.29 is 0 Å². The molecule has 0 bridgehead atoms. The van der Waals surface area contributed by atoms with Crippen molar-refractivity contribution in [1.82, 2.24) is 29.8 Å². The van der Waals surface area contributed by atoms with Crippen LogP contribution in [0.3, 0.4) is 0 Å². The van der Waals surface area contributed by atoms with Gasteiger partial charge in [-0.2, -0.15) is 4.52 Å². The van der Waals surface area contributed by atoms with Gasteiger partial charge in [-0.05, 0) is 37.1 Å². The molecule has 5 rings (SSSR count). The third-order valence-corrected chi connectivity index (χ3v) is 5.35. The summed E-state index contributed by atoms with van der Waals surface area (Å²) < 4.78 is 1.89. The Hall–Kier alpha value is -3.29. The molecule has 0 amide bonds. The number of rotatable bonds is 3. The second kappa shape index (κ2) is 6.70. The molecule has 0 spiro atoms. The minimum Gasteiger partial charge on any atom is -0.361 e. The molecule has 1 aromatic carbocycles. The zero-order valence-electron chi connectivity index (χ0n) is 16.0. The molecule has 8 nitrogen and oxygen atoms in total. The van der Waals surface area contributed by atoms with E-state index in [2.05, 4.69) is 20.1 Å². The highest BCUT2D eigenvalue weighted by Crippen LogP contribution is 2.29. The van der Waals surface area contributed by atoms with E-state index in [1.165, 1.54) is 0 Å². The first-order valence-corrected chi connectivity index (χ1v) is 9.55. The second-order valence-corrected chi connectivity index (χ2v) is 7.39. The molecule has 0 aliphatic carbocycles. The maximum atomic E-state index is 4.78. The predicted molar refractivity (Wildman–Crippen MR) is 109 cm³/mol. The standard InChI is InChI=1S/C20H22N8/c1-26(2)18-8-7-17-23-24-20(28(17)25-18)14-9-11-27(12-10-14)19-13-21-15-5-3-4-6-16(15)22-19/h3-8,13-14H,9-12H2,1-2H3. The fraction of sp³-hybridized carbons (Fsp3) is 0.350. The van der Waals surface area contributed by atoms with Gasteiger partial charge < -0.3 is 9.80 Å². The van der Waals surface area contributed by atoms with Gasteiger partial charge >= 0.3 is 0 Å². The summed E-state index contributed by atoms with van der Waals surface area (Å²) in [4.78, 5) is 13.6. The summed E-state index contributed by atoms with van der Waals surface area (Å²) >= 11 is 0. The van der Waals surface area contributed by atoms with Crippen LogP contribution in [-0.4, -0.2) is 57.0 Å². The van der Waals surface area contributed by atoms with Crippen LogP contribution in [-0.2, 0) is 0 Å². The van der Waals surface area contributed by atoms with Crippen LogP contribution >= 0.6 is 0 Å². The summed E-state index contributed by atoms with van der Waals surface area (Å²) in [6.07, 6.45) is 3.85. The molecule has 3 aromatic heterocycles. The number of piperidine rings is 1. The van der Waals surface area contributed by atoms with E-state index < -0.39 is 0 Å². The summed E-state index contributed by atoms with van der Waals surface area (Å²) in [5.74, 6) is 3.13. The molecule has 0 N–H and O–H groups in total. The molecule has 1 aliphatic rings. The maximum absolute atomic E-state index is 4.78. The van der Waals surface area contributed by atoms with Gasteiger partial charge in [0.15, 0.2) is 11.5 Å². The summed E-state index contributed by atoms with van der Waals surface area (Å²) in [5, 5.41) is 13.4. The van der Waals surface area contributed by atoms with E-state index >= 15 is 0 Å². The van der Waals surface area contributed by atoms with Crippen molar-refractivity contribution >= 4 is 28.3 Å². The van der Waals surface area contributed by atoms with Crippen LogP contribution in [0.4, 0.5) is 11.6 Å². The third kappa shape index (κ3) is 2.90. The summed E-state index contributed by atoms with van der Waals surface area (Å²) in [6.45, 7) is 1.83. The van der Waals surface area contributed by atoms with Crippen molar-refractivity contribution in [2.24, 2.45) is 0 Å². The first-order valence-electron chi connectivity index (χ1n) is 9.55. The quantitative estimate of drug-likeness (QED) is 0.545. The Bertz CT molecular complexity index is 1130. The molecule has 0 radical (unpaired) electrons. The van der Waals surface area contributed by atoms with Crippen molar-refractivity contribution in [3.05, 3.63) is 48.4 Å². The molecule has 0 atom stereocenters. The summed E-state index contributed by atoms with van der Waals surface area (Å²) in [6, 6.07) is 11.9. The summed E-state index contributed by atoms with van der Waals surface area (Å²) in [5.41, 5.74) is 2.66. The van der Waals surface area contributed by atoms with Gasteiger partial charge in [-0.25, -0.2) is 4.98 Å². The molecule has 4 aromatic rings. The molecular formula is C20H22N8.